The maximum atomic E-state index is 12.9. The molecule has 2 saturated heterocycles. The van der Waals surface area contributed by atoms with Crippen molar-refractivity contribution in [2.75, 3.05) is 37.7 Å². The van der Waals surface area contributed by atoms with Crippen LogP contribution in [0.15, 0.2) is 0 Å². The van der Waals surface area contributed by atoms with Crippen molar-refractivity contribution in [2.24, 2.45) is 0 Å². The molecule has 7 heteroatoms. The van der Waals surface area contributed by atoms with E-state index in [1.165, 1.54) is 6.42 Å². The molecule has 3 rings (SSSR count). The van der Waals surface area contributed by atoms with E-state index in [0.29, 0.717) is 26.1 Å². The van der Waals surface area contributed by atoms with Crippen molar-refractivity contribution in [3.63, 3.8) is 0 Å². The van der Waals surface area contributed by atoms with E-state index < -0.39 is 9.84 Å². The highest BCUT2D eigenvalue weighted by Crippen LogP contribution is 2.29. The van der Waals surface area contributed by atoms with Crippen LogP contribution in [0.25, 0.3) is 0 Å². The smallest absolute Gasteiger partial charge is 0.237 e. The summed E-state index contributed by atoms with van der Waals surface area (Å²) in [6.45, 7) is 4.50. The molecule has 3 atom stereocenters. The molecule has 3 fully saturated rings. The van der Waals surface area contributed by atoms with Crippen LogP contribution in [0.5, 0.6) is 0 Å². The Morgan fingerprint density at radius 2 is 2.04 bits per heavy atom. The Kier molecular flexibility index (Phi) is 5.82. The van der Waals surface area contributed by atoms with Gasteiger partial charge in [0.2, 0.25) is 5.91 Å². The van der Waals surface area contributed by atoms with Gasteiger partial charge in [0.15, 0.2) is 9.84 Å². The third kappa shape index (κ3) is 4.11. The van der Waals surface area contributed by atoms with Gasteiger partial charge >= 0.3 is 0 Å². The van der Waals surface area contributed by atoms with Crippen molar-refractivity contribution in [1.82, 2.24) is 9.80 Å². The molecular formula is C17H30N2O4S. The van der Waals surface area contributed by atoms with Crippen LogP contribution in [0.1, 0.15) is 45.4 Å². The number of ether oxygens (including phenoxy) is 1. The Morgan fingerprint density at radius 1 is 1.25 bits per heavy atom. The molecule has 0 aromatic rings. The molecule has 0 radical (unpaired) electrons. The molecular weight excluding hydrogens is 328 g/mol. The predicted octanol–water partition coefficient (Wildman–Crippen LogP) is 1.06. The number of amides is 1. The monoisotopic (exact) mass is 358 g/mol. The standard InChI is InChI=1S/C17H30N2O4S/c1-2-8-18(14-7-11-24(21,22)13-14)12-17(20)19-9-10-23-16-6-4-3-5-15(16)19/h14-16H,2-13H2,1H3. The Bertz CT molecular complexity index is 549. The van der Waals surface area contributed by atoms with Gasteiger partial charge in [-0.15, -0.1) is 0 Å². The molecule has 3 unspecified atom stereocenters. The van der Waals surface area contributed by atoms with Gasteiger partial charge in [0.05, 0.1) is 36.8 Å². The lowest BCUT2D eigenvalue weighted by Crippen LogP contribution is -2.57. The summed E-state index contributed by atoms with van der Waals surface area (Å²) in [6, 6.07) is 0.220. The highest BCUT2D eigenvalue weighted by molar-refractivity contribution is 7.91. The maximum absolute atomic E-state index is 12.9. The molecule has 24 heavy (non-hydrogen) atoms. The minimum Gasteiger partial charge on any atom is -0.374 e. The number of carbonyl (C=O) groups excluding carboxylic acids is 1. The molecule has 2 aliphatic heterocycles. The molecule has 0 spiro atoms. The number of rotatable bonds is 5. The molecule has 2 heterocycles. The lowest BCUT2D eigenvalue weighted by molar-refractivity contribution is -0.151. The van der Waals surface area contributed by atoms with Gasteiger partial charge in [-0.05, 0) is 32.2 Å². The fourth-order valence-corrected chi connectivity index (χ4v) is 6.17. The molecule has 3 aliphatic rings. The number of sulfone groups is 1. The van der Waals surface area contributed by atoms with E-state index in [-0.39, 0.29) is 35.6 Å². The minimum atomic E-state index is -2.93. The number of morpholine rings is 1. The van der Waals surface area contributed by atoms with E-state index in [9.17, 15) is 13.2 Å². The summed E-state index contributed by atoms with van der Waals surface area (Å²) in [5.41, 5.74) is 0. The van der Waals surface area contributed by atoms with Gasteiger partial charge in [0, 0.05) is 12.6 Å². The number of carbonyl (C=O) groups is 1. The lowest BCUT2D eigenvalue weighted by Gasteiger charge is -2.44. The lowest BCUT2D eigenvalue weighted by atomic mass is 9.90. The van der Waals surface area contributed by atoms with Gasteiger partial charge in [-0.25, -0.2) is 8.42 Å². The predicted molar refractivity (Wildman–Crippen MR) is 92.6 cm³/mol. The zero-order chi connectivity index (χ0) is 17.2. The fourth-order valence-electron chi connectivity index (χ4n) is 4.41. The fraction of sp³-hybridized carbons (Fsp3) is 0.941. The number of nitrogens with zero attached hydrogens (tertiary/aromatic N) is 2. The third-order valence-corrected chi connectivity index (χ3v) is 7.38. The zero-order valence-electron chi connectivity index (χ0n) is 14.7. The van der Waals surface area contributed by atoms with Gasteiger partial charge in [0.25, 0.3) is 0 Å². The third-order valence-electron chi connectivity index (χ3n) is 5.63. The SMILES string of the molecule is CCCN(CC(=O)N1CCOC2CCCCC21)C1CCS(=O)(=O)C1. The Hall–Kier alpha value is -0.660. The summed E-state index contributed by atoms with van der Waals surface area (Å²) in [6.07, 6.45) is 6.21. The highest BCUT2D eigenvalue weighted by atomic mass is 32.2. The topological polar surface area (TPSA) is 66.9 Å². The minimum absolute atomic E-state index is 0.00194. The summed E-state index contributed by atoms with van der Waals surface area (Å²) >= 11 is 0. The van der Waals surface area contributed by atoms with E-state index in [1.807, 2.05) is 4.90 Å². The quantitative estimate of drug-likeness (QED) is 0.735. The average Bonchev–Trinajstić information content (AvgIpc) is 2.93. The number of fused-ring (bicyclic) bond motifs is 1. The Balaban J connectivity index is 1.64. The summed E-state index contributed by atoms with van der Waals surface area (Å²) in [5, 5.41) is 0. The van der Waals surface area contributed by atoms with Gasteiger partial charge < -0.3 is 9.64 Å². The average molecular weight is 359 g/mol. The van der Waals surface area contributed by atoms with Crippen LogP contribution in [-0.4, -0.2) is 80.1 Å². The molecule has 0 bridgehead atoms. The van der Waals surface area contributed by atoms with Crippen molar-refractivity contribution in [2.45, 2.75) is 63.6 Å². The number of hydrogen-bond acceptors (Lipinski definition) is 5. The van der Waals surface area contributed by atoms with Crippen LogP contribution in [0.3, 0.4) is 0 Å². The summed E-state index contributed by atoms with van der Waals surface area (Å²) in [4.78, 5) is 17.0. The first kappa shape index (κ1) is 18.1. The van der Waals surface area contributed by atoms with Crippen LogP contribution in [0.4, 0.5) is 0 Å². The first-order chi connectivity index (χ1) is 11.5. The van der Waals surface area contributed by atoms with Crippen molar-refractivity contribution in [1.29, 1.82) is 0 Å². The zero-order valence-corrected chi connectivity index (χ0v) is 15.5. The van der Waals surface area contributed by atoms with Crippen LogP contribution in [0, 0.1) is 0 Å². The van der Waals surface area contributed by atoms with Gasteiger partial charge in [-0.1, -0.05) is 19.8 Å². The molecule has 1 saturated carbocycles. The van der Waals surface area contributed by atoms with Crippen molar-refractivity contribution in [3.8, 4) is 0 Å². The molecule has 0 aromatic carbocycles. The van der Waals surface area contributed by atoms with Crippen molar-refractivity contribution < 1.29 is 17.9 Å². The Morgan fingerprint density at radius 3 is 2.75 bits per heavy atom. The largest absolute Gasteiger partial charge is 0.374 e. The van der Waals surface area contributed by atoms with Crippen LogP contribution >= 0.6 is 0 Å². The first-order valence-corrected chi connectivity index (χ1v) is 11.2. The molecule has 0 aromatic heterocycles. The van der Waals surface area contributed by atoms with Crippen molar-refractivity contribution in [3.05, 3.63) is 0 Å². The summed E-state index contributed by atoms with van der Waals surface area (Å²) in [7, 11) is -2.93. The Labute approximate surface area is 145 Å². The van der Waals surface area contributed by atoms with E-state index in [4.69, 9.17) is 4.74 Å². The molecule has 6 nitrogen and oxygen atoms in total. The first-order valence-electron chi connectivity index (χ1n) is 9.35. The maximum Gasteiger partial charge on any atom is 0.237 e. The van der Waals surface area contributed by atoms with E-state index in [1.54, 1.807) is 0 Å². The van der Waals surface area contributed by atoms with E-state index >= 15 is 0 Å². The van der Waals surface area contributed by atoms with E-state index in [2.05, 4.69) is 11.8 Å². The summed E-state index contributed by atoms with van der Waals surface area (Å²) < 4.78 is 29.4. The van der Waals surface area contributed by atoms with Gasteiger partial charge in [0.1, 0.15) is 0 Å². The second-order valence-electron chi connectivity index (χ2n) is 7.38. The molecule has 138 valence electrons. The van der Waals surface area contributed by atoms with Gasteiger partial charge in [-0.3, -0.25) is 9.69 Å². The number of hydrogen-bond donors (Lipinski definition) is 0. The second kappa shape index (κ2) is 7.70. The van der Waals surface area contributed by atoms with Gasteiger partial charge in [-0.2, -0.15) is 0 Å². The van der Waals surface area contributed by atoms with Crippen molar-refractivity contribution >= 4 is 15.7 Å². The molecule has 1 amide bonds. The highest BCUT2D eigenvalue weighted by Gasteiger charge is 2.38. The van der Waals surface area contributed by atoms with Crippen LogP contribution in [-0.2, 0) is 19.4 Å². The second-order valence-corrected chi connectivity index (χ2v) is 9.60. The summed E-state index contributed by atoms with van der Waals surface area (Å²) in [5.74, 6) is 0.608. The van der Waals surface area contributed by atoms with Crippen LogP contribution in [0.2, 0.25) is 0 Å². The molecule has 1 aliphatic carbocycles. The van der Waals surface area contributed by atoms with Crippen LogP contribution < -0.4 is 0 Å². The van der Waals surface area contributed by atoms with E-state index in [0.717, 1.165) is 32.2 Å². The normalized spacial score (nSPS) is 32.8. The molecule has 0 N–H and O–H groups in total.